The predicted molar refractivity (Wildman–Crippen MR) is 90.6 cm³/mol. The molecule has 22 heavy (non-hydrogen) atoms. The number of nitrogens with zero attached hydrogens (tertiary/aromatic N) is 1. The van der Waals surface area contributed by atoms with Crippen LogP contribution in [0.3, 0.4) is 0 Å². The molecule has 3 N–H and O–H groups in total. The third-order valence-electron chi connectivity index (χ3n) is 4.43. The summed E-state index contributed by atoms with van der Waals surface area (Å²) in [6.45, 7) is 5.26. The molecular formula is C18H29N3O. The van der Waals surface area contributed by atoms with Gasteiger partial charge in [-0.1, -0.05) is 43.7 Å². The van der Waals surface area contributed by atoms with Crippen molar-refractivity contribution in [2.75, 3.05) is 19.6 Å². The zero-order valence-electron chi connectivity index (χ0n) is 13.6. The summed E-state index contributed by atoms with van der Waals surface area (Å²) in [6.07, 6.45) is 4.87. The standard InChI is InChI=1S/C18H29N3O/c1-2-6-17(19)18(22)20-16-10-13-21(14-11-16)12-9-15-7-4-3-5-8-15/h3-5,7-8,16-17H,2,6,9-14,19H2,1H3,(H,20,22). The average molecular weight is 303 g/mol. The topological polar surface area (TPSA) is 58.4 Å². The second-order valence-electron chi connectivity index (χ2n) is 6.26. The predicted octanol–water partition coefficient (Wildman–Crippen LogP) is 1.94. The Morgan fingerprint density at radius 2 is 2.00 bits per heavy atom. The molecule has 1 fully saturated rings. The van der Waals surface area contributed by atoms with Crippen molar-refractivity contribution in [3.63, 3.8) is 0 Å². The highest BCUT2D eigenvalue weighted by Crippen LogP contribution is 2.12. The number of hydrogen-bond donors (Lipinski definition) is 2. The van der Waals surface area contributed by atoms with Crippen LogP contribution in [0.15, 0.2) is 30.3 Å². The van der Waals surface area contributed by atoms with Gasteiger partial charge in [0.2, 0.25) is 5.91 Å². The summed E-state index contributed by atoms with van der Waals surface area (Å²) in [5.41, 5.74) is 7.25. The number of nitrogens with one attached hydrogen (secondary N) is 1. The van der Waals surface area contributed by atoms with Crippen LogP contribution in [0, 0.1) is 0 Å². The molecule has 122 valence electrons. The van der Waals surface area contributed by atoms with E-state index >= 15 is 0 Å². The van der Waals surface area contributed by atoms with E-state index in [2.05, 4.69) is 47.5 Å². The van der Waals surface area contributed by atoms with E-state index in [1.807, 2.05) is 0 Å². The summed E-state index contributed by atoms with van der Waals surface area (Å²) in [7, 11) is 0. The van der Waals surface area contributed by atoms with Gasteiger partial charge in [-0.3, -0.25) is 4.79 Å². The second kappa shape index (κ2) is 8.91. The molecule has 1 aromatic carbocycles. The van der Waals surface area contributed by atoms with Crippen LogP contribution in [0.1, 0.15) is 38.2 Å². The first-order valence-electron chi connectivity index (χ1n) is 8.51. The van der Waals surface area contributed by atoms with Gasteiger partial charge in [0.15, 0.2) is 0 Å². The van der Waals surface area contributed by atoms with Gasteiger partial charge in [0, 0.05) is 25.7 Å². The number of hydrogen-bond acceptors (Lipinski definition) is 3. The first-order valence-corrected chi connectivity index (χ1v) is 8.51. The minimum absolute atomic E-state index is 0.0181. The Balaban J connectivity index is 1.66. The molecule has 0 saturated carbocycles. The molecule has 1 aromatic rings. The number of rotatable bonds is 7. The molecule has 0 aromatic heterocycles. The number of nitrogens with two attached hydrogens (primary N) is 1. The van der Waals surface area contributed by atoms with Crippen LogP contribution >= 0.6 is 0 Å². The summed E-state index contributed by atoms with van der Waals surface area (Å²) in [5.74, 6) is 0.0181. The fraction of sp³-hybridized carbons (Fsp3) is 0.611. The van der Waals surface area contributed by atoms with Crippen molar-refractivity contribution in [3.05, 3.63) is 35.9 Å². The molecule has 1 aliphatic heterocycles. The lowest BCUT2D eigenvalue weighted by Gasteiger charge is -2.32. The van der Waals surface area contributed by atoms with Crippen LogP contribution in [0.2, 0.25) is 0 Å². The van der Waals surface area contributed by atoms with Gasteiger partial charge < -0.3 is 16.0 Å². The molecule has 1 atom stereocenters. The van der Waals surface area contributed by atoms with Crippen molar-refractivity contribution in [1.82, 2.24) is 10.2 Å². The van der Waals surface area contributed by atoms with Gasteiger partial charge in [-0.25, -0.2) is 0 Å². The molecule has 1 amide bonds. The summed E-state index contributed by atoms with van der Waals surface area (Å²) in [5, 5.41) is 3.11. The van der Waals surface area contributed by atoms with E-state index in [0.29, 0.717) is 6.04 Å². The molecule has 1 unspecified atom stereocenters. The second-order valence-corrected chi connectivity index (χ2v) is 6.26. The maximum atomic E-state index is 11.9. The normalized spacial score (nSPS) is 18.1. The Morgan fingerprint density at radius 1 is 1.32 bits per heavy atom. The van der Waals surface area contributed by atoms with Crippen molar-refractivity contribution >= 4 is 5.91 Å². The van der Waals surface area contributed by atoms with Crippen molar-refractivity contribution in [3.8, 4) is 0 Å². The number of benzene rings is 1. The molecule has 0 bridgehead atoms. The summed E-state index contributed by atoms with van der Waals surface area (Å²) >= 11 is 0. The molecule has 2 rings (SSSR count). The lowest BCUT2D eigenvalue weighted by Crippen LogP contribution is -2.49. The molecule has 1 saturated heterocycles. The van der Waals surface area contributed by atoms with Crippen LogP contribution in [0.25, 0.3) is 0 Å². The Bertz CT molecular complexity index is 441. The Morgan fingerprint density at radius 3 is 2.64 bits per heavy atom. The molecule has 1 heterocycles. The largest absolute Gasteiger partial charge is 0.352 e. The average Bonchev–Trinajstić information content (AvgIpc) is 2.55. The van der Waals surface area contributed by atoms with E-state index in [4.69, 9.17) is 5.73 Å². The molecule has 4 heteroatoms. The molecule has 0 aliphatic carbocycles. The first-order chi connectivity index (χ1) is 10.7. The van der Waals surface area contributed by atoms with Crippen molar-refractivity contribution < 1.29 is 4.79 Å². The SMILES string of the molecule is CCCC(N)C(=O)NC1CCN(CCc2ccccc2)CC1. The molecule has 0 radical (unpaired) electrons. The number of piperidine rings is 1. The van der Waals surface area contributed by atoms with Crippen molar-refractivity contribution in [2.24, 2.45) is 5.73 Å². The van der Waals surface area contributed by atoms with E-state index in [-0.39, 0.29) is 11.9 Å². The van der Waals surface area contributed by atoms with Crippen LogP contribution in [-0.2, 0) is 11.2 Å². The molecule has 1 aliphatic rings. The fourth-order valence-electron chi connectivity index (χ4n) is 2.98. The van der Waals surface area contributed by atoms with E-state index < -0.39 is 0 Å². The van der Waals surface area contributed by atoms with Gasteiger partial charge in [0.25, 0.3) is 0 Å². The fourth-order valence-corrected chi connectivity index (χ4v) is 2.98. The van der Waals surface area contributed by atoms with Crippen molar-refractivity contribution in [2.45, 2.75) is 51.1 Å². The van der Waals surface area contributed by atoms with E-state index in [1.165, 1.54) is 5.56 Å². The minimum Gasteiger partial charge on any atom is -0.352 e. The maximum absolute atomic E-state index is 11.9. The number of carbonyl (C=O) groups is 1. The summed E-state index contributed by atoms with van der Waals surface area (Å²) < 4.78 is 0. The highest BCUT2D eigenvalue weighted by Gasteiger charge is 2.22. The minimum atomic E-state index is -0.346. The smallest absolute Gasteiger partial charge is 0.237 e. The first kappa shape index (κ1) is 17.0. The highest BCUT2D eigenvalue weighted by atomic mass is 16.2. The van der Waals surface area contributed by atoms with Gasteiger partial charge in [-0.15, -0.1) is 0 Å². The van der Waals surface area contributed by atoms with Gasteiger partial charge in [0.05, 0.1) is 6.04 Å². The number of carbonyl (C=O) groups excluding carboxylic acids is 1. The number of amides is 1. The van der Waals surface area contributed by atoms with E-state index in [0.717, 1.165) is 51.7 Å². The van der Waals surface area contributed by atoms with Crippen LogP contribution < -0.4 is 11.1 Å². The van der Waals surface area contributed by atoms with Gasteiger partial charge in [-0.05, 0) is 31.2 Å². The zero-order valence-corrected chi connectivity index (χ0v) is 13.6. The molecular weight excluding hydrogens is 274 g/mol. The van der Waals surface area contributed by atoms with Gasteiger partial charge >= 0.3 is 0 Å². The zero-order chi connectivity index (χ0) is 15.8. The lowest BCUT2D eigenvalue weighted by atomic mass is 10.0. The summed E-state index contributed by atoms with van der Waals surface area (Å²) in [6, 6.07) is 10.6. The quantitative estimate of drug-likeness (QED) is 0.809. The third kappa shape index (κ3) is 5.43. The number of likely N-dealkylation sites (tertiary alicyclic amines) is 1. The third-order valence-corrected chi connectivity index (χ3v) is 4.43. The van der Waals surface area contributed by atoms with E-state index in [9.17, 15) is 4.79 Å². The van der Waals surface area contributed by atoms with Crippen LogP contribution in [-0.4, -0.2) is 42.5 Å². The highest BCUT2D eigenvalue weighted by molar-refractivity contribution is 5.81. The Labute approximate surface area is 134 Å². The lowest BCUT2D eigenvalue weighted by molar-refractivity contribution is -0.123. The van der Waals surface area contributed by atoms with Crippen molar-refractivity contribution in [1.29, 1.82) is 0 Å². The Kier molecular flexibility index (Phi) is 6.87. The van der Waals surface area contributed by atoms with Gasteiger partial charge in [0.1, 0.15) is 0 Å². The monoisotopic (exact) mass is 303 g/mol. The van der Waals surface area contributed by atoms with Crippen LogP contribution in [0.5, 0.6) is 0 Å². The summed E-state index contributed by atoms with van der Waals surface area (Å²) in [4.78, 5) is 14.4. The molecule has 0 spiro atoms. The maximum Gasteiger partial charge on any atom is 0.237 e. The van der Waals surface area contributed by atoms with E-state index in [1.54, 1.807) is 0 Å². The molecule has 4 nitrogen and oxygen atoms in total. The van der Waals surface area contributed by atoms with Gasteiger partial charge in [-0.2, -0.15) is 0 Å². The Hall–Kier alpha value is -1.39. The van der Waals surface area contributed by atoms with Crippen LogP contribution in [0.4, 0.5) is 0 Å².